The first kappa shape index (κ1) is 23.0. The van der Waals surface area contributed by atoms with Crippen molar-refractivity contribution in [3.8, 4) is 0 Å². The molecule has 0 spiro atoms. The van der Waals surface area contributed by atoms with Crippen molar-refractivity contribution < 1.29 is 19.0 Å². The molecule has 1 saturated carbocycles. The highest BCUT2D eigenvalue weighted by molar-refractivity contribution is 8.14. The number of fused-ring (bicyclic) bond motifs is 2. The maximum absolute atomic E-state index is 13.3. The smallest absolute Gasteiger partial charge is 0.311 e. The second kappa shape index (κ2) is 9.44. The molecule has 1 unspecified atom stereocenters. The topological polar surface area (TPSA) is 85.4 Å². The van der Waals surface area contributed by atoms with Gasteiger partial charge in [0.15, 0.2) is 5.92 Å². The van der Waals surface area contributed by atoms with E-state index in [1.165, 1.54) is 35.4 Å². The summed E-state index contributed by atoms with van der Waals surface area (Å²) in [6.45, 7) is 0.692. The van der Waals surface area contributed by atoms with Crippen molar-refractivity contribution in [3.05, 3.63) is 29.8 Å². The summed E-state index contributed by atoms with van der Waals surface area (Å²) in [6, 6.07) is 7.64. The minimum Gasteiger partial charge on any atom is -0.311 e. The van der Waals surface area contributed by atoms with Crippen LogP contribution in [0, 0.1) is 11.8 Å². The van der Waals surface area contributed by atoms with Gasteiger partial charge in [0.25, 0.3) is 5.84 Å². The Hall–Kier alpha value is -2.81. The van der Waals surface area contributed by atoms with Crippen LogP contribution in [-0.4, -0.2) is 70.4 Å². The van der Waals surface area contributed by atoms with Gasteiger partial charge in [-0.3, -0.25) is 9.59 Å². The molecule has 0 saturated heterocycles. The molecule has 1 fully saturated rings. The van der Waals surface area contributed by atoms with Crippen LogP contribution in [0.2, 0.25) is 0 Å². The van der Waals surface area contributed by atoms with E-state index in [9.17, 15) is 14.4 Å². The molecule has 3 aliphatic heterocycles. The van der Waals surface area contributed by atoms with Gasteiger partial charge >= 0.3 is 11.9 Å². The molecule has 0 radical (unpaired) electrons. The molecule has 1 aliphatic carbocycles. The van der Waals surface area contributed by atoms with Gasteiger partial charge in [-0.2, -0.15) is 9.48 Å². The van der Waals surface area contributed by atoms with E-state index in [2.05, 4.69) is 6.07 Å². The predicted molar refractivity (Wildman–Crippen MR) is 134 cm³/mol. The number of urea groups is 1. The van der Waals surface area contributed by atoms with Gasteiger partial charge < -0.3 is 4.90 Å². The van der Waals surface area contributed by atoms with Gasteiger partial charge in [-0.1, -0.05) is 54.2 Å². The normalized spacial score (nSPS) is 23.4. The summed E-state index contributed by atoms with van der Waals surface area (Å²) in [4.78, 5) is 51.5. The highest BCUT2D eigenvalue weighted by atomic mass is 32.2. The molecule has 4 aliphatic rings. The molecule has 1 atom stereocenters. The average molecular weight is 481 g/mol. The van der Waals surface area contributed by atoms with Gasteiger partial charge in [0.05, 0.1) is 19.8 Å². The van der Waals surface area contributed by atoms with Gasteiger partial charge in [0, 0.05) is 18.2 Å². The molecule has 0 aromatic heterocycles. The fraction of sp³-hybridized carbons (Fsp3) is 0.520. The maximum atomic E-state index is 13.3. The third-order valence-electron chi connectivity index (χ3n) is 7.18. The predicted octanol–water partition coefficient (Wildman–Crippen LogP) is 3.34. The maximum Gasteiger partial charge on any atom is 0.445 e. The van der Waals surface area contributed by atoms with Gasteiger partial charge in [-0.15, -0.1) is 0 Å². The van der Waals surface area contributed by atoms with Crippen molar-refractivity contribution in [2.24, 2.45) is 21.8 Å². The van der Waals surface area contributed by atoms with E-state index in [1.54, 1.807) is 7.05 Å². The molecular weight excluding hydrogens is 450 g/mol. The van der Waals surface area contributed by atoms with Crippen LogP contribution in [0.5, 0.6) is 0 Å². The lowest BCUT2D eigenvalue weighted by molar-refractivity contribution is -0.407. The highest BCUT2D eigenvalue weighted by Gasteiger charge is 2.49. The van der Waals surface area contributed by atoms with Crippen LogP contribution < -0.4 is 4.90 Å². The van der Waals surface area contributed by atoms with E-state index in [0.29, 0.717) is 23.3 Å². The first-order chi connectivity index (χ1) is 16.5. The lowest BCUT2D eigenvalue weighted by Crippen LogP contribution is -2.55. The number of amidine groups is 2. The Morgan fingerprint density at radius 2 is 1.88 bits per heavy atom. The molecule has 3 heterocycles. The Morgan fingerprint density at radius 3 is 2.68 bits per heavy atom. The van der Waals surface area contributed by atoms with E-state index >= 15 is 0 Å². The number of amides is 4. The molecule has 4 amide bonds. The van der Waals surface area contributed by atoms with Crippen molar-refractivity contribution >= 4 is 52.0 Å². The first-order valence-electron chi connectivity index (χ1n) is 12.1. The Kier molecular flexibility index (Phi) is 6.38. The fourth-order valence-electron chi connectivity index (χ4n) is 5.26. The minimum atomic E-state index is -0.744. The van der Waals surface area contributed by atoms with E-state index in [-0.39, 0.29) is 23.5 Å². The zero-order chi connectivity index (χ0) is 23.8. The first-order valence-corrected chi connectivity index (χ1v) is 13.0. The third-order valence-corrected chi connectivity index (χ3v) is 8.19. The van der Waals surface area contributed by atoms with Crippen molar-refractivity contribution in [3.63, 3.8) is 0 Å². The standard InChI is InChI=1S/C25H30N5O3S/c1-28-22-20(24(32)29(2)25(28)33)23(27-21(26-22)17-10-4-3-5-11-17)34-15-19(31)30-14-8-12-16-9-6-7-13-18(16)30/h6-7,9,13,17,20H,3-5,8,10-12,14-15H2,1-2H3/q+1. The van der Waals surface area contributed by atoms with Crippen LogP contribution in [0.1, 0.15) is 44.1 Å². The number of hydrogen-bond acceptors (Lipinski definition) is 6. The Morgan fingerprint density at radius 1 is 1.12 bits per heavy atom. The minimum absolute atomic E-state index is 0.00386. The molecular formula is C25H30N5O3S+. The number of hydrogen-bond donors (Lipinski definition) is 0. The van der Waals surface area contributed by atoms with E-state index in [4.69, 9.17) is 9.98 Å². The highest BCUT2D eigenvalue weighted by Crippen LogP contribution is 2.32. The zero-order valence-electron chi connectivity index (χ0n) is 19.7. The van der Waals surface area contributed by atoms with E-state index in [1.807, 2.05) is 23.1 Å². The Bertz CT molecular complexity index is 1140. The number of nitrogens with zero attached hydrogens (tertiary/aromatic N) is 5. The number of para-hydroxylation sites is 1. The van der Waals surface area contributed by atoms with Gasteiger partial charge in [0.2, 0.25) is 11.7 Å². The number of carbonyl (C=O) groups excluding carboxylic acids is 3. The summed E-state index contributed by atoms with van der Waals surface area (Å²) in [5.41, 5.74) is 2.16. The zero-order valence-corrected chi connectivity index (χ0v) is 20.5. The Labute approximate surface area is 203 Å². The van der Waals surface area contributed by atoms with Gasteiger partial charge in [0.1, 0.15) is 5.04 Å². The summed E-state index contributed by atoms with van der Waals surface area (Å²) >= 11 is 1.31. The van der Waals surface area contributed by atoms with Crippen molar-refractivity contribution in [2.75, 3.05) is 31.3 Å². The van der Waals surface area contributed by atoms with E-state index in [0.717, 1.165) is 49.1 Å². The van der Waals surface area contributed by atoms with E-state index < -0.39 is 11.9 Å². The summed E-state index contributed by atoms with van der Waals surface area (Å²) in [5.74, 6) is 0.454. The second-order valence-electron chi connectivity index (χ2n) is 9.35. The number of rotatable bonds is 3. The summed E-state index contributed by atoms with van der Waals surface area (Å²) in [5, 5.41) is 0.570. The molecule has 34 heavy (non-hydrogen) atoms. The molecule has 0 bridgehead atoms. The number of benzene rings is 1. The number of anilines is 1. The lowest BCUT2D eigenvalue weighted by atomic mass is 9.88. The molecule has 9 heteroatoms. The quantitative estimate of drug-likeness (QED) is 0.621. The SMILES string of the molecule is CN1C(=O)C2C(SCC(=O)N3CCCc4ccccc43)=NC(C3CCCCC3)=NC2=[N+](C)C1=O. The van der Waals surface area contributed by atoms with Crippen molar-refractivity contribution in [2.45, 2.75) is 44.9 Å². The molecule has 178 valence electrons. The second-order valence-corrected chi connectivity index (χ2v) is 10.3. The van der Waals surface area contributed by atoms with Crippen LogP contribution in [-0.2, 0) is 16.0 Å². The van der Waals surface area contributed by atoms with Gasteiger partial charge in [-0.05, 0) is 37.3 Å². The number of carbonyl (C=O) groups is 3. The summed E-state index contributed by atoms with van der Waals surface area (Å²) in [6.07, 6.45) is 7.39. The molecule has 0 N–H and O–H groups in total. The fourth-order valence-corrected chi connectivity index (χ4v) is 6.21. The number of thioether (sulfide) groups is 1. The van der Waals surface area contributed by atoms with Crippen molar-refractivity contribution in [1.82, 2.24) is 4.90 Å². The monoisotopic (exact) mass is 480 g/mol. The molecule has 1 aromatic rings. The third kappa shape index (κ3) is 4.10. The Balaban J connectivity index is 1.43. The van der Waals surface area contributed by atoms with Crippen LogP contribution in [0.25, 0.3) is 0 Å². The van der Waals surface area contributed by atoms with Crippen LogP contribution in [0.3, 0.4) is 0 Å². The number of aliphatic imine (C=N–C) groups is 2. The molecule has 5 rings (SSSR count). The van der Waals surface area contributed by atoms with Crippen LogP contribution >= 0.6 is 11.8 Å². The van der Waals surface area contributed by atoms with Gasteiger partial charge in [-0.25, -0.2) is 9.79 Å². The number of imide groups is 1. The van der Waals surface area contributed by atoms with Crippen LogP contribution in [0.15, 0.2) is 34.3 Å². The van der Waals surface area contributed by atoms with Crippen LogP contribution in [0.4, 0.5) is 10.5 Å². The number of aryl methyl sites for hydroxylation is 1. The molecule has 1 aromatic carbocycles. The van der Waals surface area contributed by atoms with Crippen molar-refractivity contribution in [1.29, 1.82) is 0 Å². The largest absolute Gasteiger partial charge is 0.445 e. The summed E-state index contributed by atoms with van der Waals surface area (Å²) < 4.78 is 1.45. The molecule has 8 nitrogen and oxygen atoms in total. The summed E-state index contributed by atoms with van der Waals surface area (Å²) in [7, 11) is 3.13. The lowest BCUT2D eigenvalue weighted by Gasteiger charge is -2.30. The average Bonchev–Trinajstić information content (AvgIpc) is 2.88.